The zero-order chi connectivity index (χ0) is 18.6. The van der Waals surface area contributed by atoms with Gasteiger partial charge in [-0.05, 0) is 38.2 Å². The Morgan fingerprint density at radius 3 is 2.77 bits per heavy atom. The first-order chi connectivity index (χ1) is 12.3. The summed E-state index contributed by atoms with van der Waals surface area (Å²) in [5, 5.41) is 3.55. The van der Waals surface area contributed by atoms with E-state index in [1.165, 1.54) is 6.92 Å². The first-order valence-corrected chi connectivity index (χ1v) is 8.88. The van der Waals surface area contributed by atoms with Crippen LogP contribution in [0, 0.1) is 18.8 Å². The Kier molecular flexibility index (Phi) is 3.96. The number of likely N-dealkylation sites (tertiary alicyclic amines) is 1. The molecule has 0 bridgehead atoms. The summed E-state index contributed by atoms with van der Waals surface area (Å²) in [5.41, 5.74) is -0.362. The zero-order valence-electron chi connectivity index (χ0n) is 14.6. The molecule has 1 saturated heterocycles. The van der Waals surface area contributed by atoms with E-state index in [0.717, 1.165) is 18.9 Å². The molecule has 4 rings (SSSR count). The summed E-state index contributed by atoms with van der Waals surface area (Å²) in [5.74, 6) is 0.380. The topological polar surface area (TPSA) is 59.2 Å². The summed E-state index contributed by atoms with van der Waals surface area (Å²) >= 11 is 0. The lowest BCUT2D eigenvalue weighted by atomic mass is 9.92. The number of fused-ring (bicyclic) bond motifs is 1. The summed E-state index contributed by atoms with van der Waals surface area (Å²) in [6.45, 7) is 4.58. The van der Waals surface area contributed by atoms with Crippen LogP contribution in [-0.4, -0.2) is 34.0 Å². The summed E-state index contributed by atoms with van der Waals surface area (Å²) in [6, 6.07) is 1.10. The van der Waals surface area contributed by atoms with E-state index in [0.29, 0.717) is 31.1 Å². The van der Waals surface area contributed by atoms with Gasteiger partial charge in [0.25, 0.3) is 5.71 Å². The lowest BCUT2D eigenvalue weighted by molar-refractivity contribution is -0.137. The molecule has 2 aliphatic rings. The normalized spacial score (nSPS) is 26.3. The van der Waals surface area contributed by atoms with Gasteiger partial charge in [0.1, 0.15) is 0 Å². The molecule has 1 amide bonds. The van der Waals surface area contributed by atoms with Crippen LogP contribution in [0.4, 0.5) is 13.2 Å². The SMILES string of the molecule is Cc1noc2nc([C@@H]3CCCN(C(=O)[C@@H]4C[C@@H]4C)C3)cc(C(F)(F)F)c12. The number of alkyl halides is 3. The van der Waals surface area contributed by atoms with E-state index >= 15 is 0 Å². The van der Waals surface area contributed by atoms with Crippen LogP contribution >= 0.6 is 0 Å². The lowest BCUT2D eigenvalue weighted by Crippen LogP contribution is -2.40. The third-order valence-corrected chi connectivity index (χ3v) is 5.52. The van der Waals surface area contributed by atoms with Crippen molar-refractivity contribution in [3.05, 3.63) is 23.0 Å². The first-order valence-electron chi connectivity index (χ1n) is 8.88. The van der Waals surface area contributed by atoms with Crippen molar-refractivity contribution < 1.29 is 22.5 Å². The Bertz CT molecular complexity index is 861. The molecule has 1 saturated carbocycles. The number of hydrogen-bond acceptors (Lipinski definition) is 4. The predicted octanol–water partition coefficient (Wildman–Crippen LogP) is 3.91. The second kappa shape index (κ2) is 5.96. The Morgan fingerprint density at radius 1 is 1.38 bits per heavy atom. The molecule has 3 atom stereocenters. The Balaban J connectivity index is 1.66. The van der Waals surface area contributed by atoms with Gasteiger partial charge in [0.2, 0.25) is 5.91 Å². The minimum Gasteiger partial charge on any atom is -0.342 e. The molecule has 8 heteroatoms. The average molecular weight is 367 g/mol. The van der Waals surface area contributed by atoms with Gasteiger partial charge in [-0.1, -0.05) is 12.1 Å². The van der Waals surface area contributed by atoms with Crippen molar-refractivity contribution in [2.24, 2.45) is 11.8 Å². The van der Waals surface area contributed by atoms with Crippen molar-refractivity contribution >= 4 is 17.0 Å². The van der Waals surface area contributed by atoms with Crippen molar-refractivity contribution in [1.29, 1.82) is 0 Å². The fourth-order valence-electron chi connectivity index (χ4n) is 3.87. The van der Waals surface area contributed by atoms with Gasteiger partial charge in [0.05, 0.1) is 22.3 Å². The van der Waals surface area contributed by atoms with Crippen molar-refractivity contribution in [2.45, 2.75) is 45.2 Å². The van der Waals surface area contributed by atoms with Crippen LogP contribution in [0.5, 0.6) is 0 Å². The van der Waals surface area contributed by atoms with E-state index < -0.39 is 11.7 Å². The van der Waals surface area contributed by atoms with E-state index in [4.69, 9.17) is 4.52 Å². The third kappa shape index (κ3) is 2.95. The summed E-state index contributed by atoms with van der Waals surface area (Å²) in [6.07, 6.45) is -2.15. The van der Waals surface area contributed by atoms with Crippen LogP contribution in [-0.2, 0) is 11.0 Å². The molecule has 0 N–H and O–H groups in total. The van der Waals surface area contributed by atoms with E-state index in [1.807, 2.05) is 6.92 Å². The standard InChI is InChI=1S/C18H20F3N3O2/c1-9-6-12(9)17(25)24-5-3-4-11(8-24)14-7-13(18(19,20)21)15-10(2)23-26-16(15)22-14/h7,9,11-12H,3-6,8H2,1-2H3/t9-,11+,12+/m0/s1. The Labute approximate surface area is 148 Å². The fraction of sp³-hybridized carbons (Fsp3) is 0.611. The molecule has 0 unspecified atom stereocenters. The van der Waals surface area contributed by atoms with E-state index in [2.05, 4.69) is 10.1 Å². The second-order valence-corrected chi connectivity index (χ2v) is 7.48. The Hall–Kier alpha value is -2.12. The number of aromatic nitrogens is 2. The molecule has 0 aromatic carbocycles. The number of carbonyl (C=O) groups excluding carboxylic acids is 1. The molecular formula is C18H20F3N3O2. The fourth-order valence-corrected chi connectivity index (χ4v) is 3.87. The maximum absolute atomic E-state index is 13.5. The van der Waals surface area contributed by atoms with Gasteiger partial charge in [0.15, 0.2) is 0 Å². The van der Waals surface area contributed by atoms with Crippen molar-refractivity contribution in [1.82, 2.24) is 15.0 Å². The average Bonchev–Trinajstić information content (AvgIpc) is 3.22. The summed E-state index contributed by atoms with van der Waals surface area (Å²) in [7, 11) is 0. The second-order valence-electron chi connectivity index (χ2n) is 7.48. The van der Waals surface area contributed by atoms with Gasteiger partial charge >= 0.3 is 6.18 Å². The minimum atomic E-state index is -4.51. The summed E-state index contributed by atoms with van der Waals surface area (Å²) in [4.78, 5) is 18.6. The molecular weight excluding hydrogens is 347 g/mol. The maximum Gasteiger partial charge on any atom is 0.417 e. The molecule has 0 radical (unpaired) electrons. The molecule has 1 aliphatic heterocycles. The Morgan fingerprint density at radius 2 is 2.12 bits per heavy atom. The third-order valence-electron chi connectivity index (χ3n) is 5.52. The molecule has 140 valence electrons. The molecule has 1 aliphatic carbocycles. The van der Waals surface area contributed by atoms with Crippen molar-refractivity contribution in [2.75, 3.05) is 13.1 Å². The number of amides is 1. The molecule has 26 heavy (non-hydrogen) atoms. The van der Waals surface area contributed by atoms with Crippen LogP contribution in [0.3, 0.4) is 0 Å². The zero-order valence-corrected chi connectivity index (χ0v) is 14.6. The van der Waals surface area contributed by atoms with E-state index in [9.17, 15) is 18.0 Å². The highest BCUT2D eigenvalue weighted by atomic mass is 19.4. The van der Waals surface area contributed by atoms with E-state index in [1.54, 1.807) is 4.90 Å². The highest BCUT2D eigenvalue weighted by Gasteiger charge is 2.43. The number of rotatable bonds is 2. The van der Waals surface area contributed by atoms with Gasteiger partial charge in [0, 0.05) is 24.9 Å². The lowest BCUT2D eigenvalue weighted by Gasteiger charge is -2.33. The van der Waals surface area contributed by atoms with Gasteiger partial charge in [-0.25, -0.2) is 4.98 Å². The van der Waals surface area contributed by atoms with Gasteiger partial charge in [-0.3, -0.25) is 4.79 Å². The number of hydrogen-bond donors (Lipinski definition) is 0. The molecule has 2 aromatic heterocycles. The smallest absolute Gasteiger partial charge is 0.342 e. The predicted molar refractivity (Wildman–Crippen MR) is 87.4 cm³/mol. The molecule has 3 heterocycles. The first kappa shape index (κ1) is 17.3. The van der Waals surface area contributed by atoms with Crippen LogP contribution in [0.25, 0.3) is 11.1 Å². The van der Waals surface area contributed by atoms with Gasteiger partial charge < -0.3 is 9.42 Å². The molecule has 0 spiro atoms. The largest absolute Gasteiger partial charge is 0.417 e. The number of pyridine rings is 1. The van der Waals surface area contributed by atoms with Crippen LogP contribution in [0.15, 0.2) is 10.6 Å². The highest BCUT2D eigenvalue weighted by Crippen LogP contribution is 2.41. The van der Waals surface area contributed by atoms with Crippen LogP contribution < -0.4 is 0 Å². The number of piperidine rings is 1. The van der Waals surface area contributed by atoms with Gasteiger partial charge in [-0.2, -0.15) is 13.2 Å². The van der Waals surface area contributed by atoms with Gasteiger partial charge in [-0.15, -0.1) is 0 Å². The van der Waals surface area contributed by atoms with Crippen LogP contribution in [0.1, 0.15) is 49.1 Å². The van der Waals surface area contributed by atoms with Crippen molar-refractivity contribution in [3.8, 4) is 0 Å². The highest BCUT2D eigenvalue weighted by molar-refractivity contribution is 5.82. The quantitative estimate of drug-likeness (QED) is 0.807. The number of halogens is 3. The van der Waals surface area contributed by atoms with Crippen molar-refractivity contribution in [3.63, 3.8) is 0 Å². The number of aryl methyl sites for hydroxylation is 1. The maximum atomic E-state index is 13.5. The van der Waals surface area contributed by atoms with Crippen LogP contribution in [0.2, 0.25) is 0 Å². The molecule has 2 fully saturated rings. The minimum absolute atomic E-state index is 0.0758. The number of carbonyl (C=O) groups is 1. The van der Waals surface area contributed by atoms with E-state index in [-0.39, 0.29) is 34.5 Å². The number of nitrogens with zero attached hydrogens (tertiary/aromatic N) is 3. The monoisotopic (exact) mass is 367 g/mol. The molecule has 2 aromatic rings. The summed E-state index contributed by atoms with van der Waals surface area (Å²) < 4.78 is 45.6. The molecule has 5 nitrogen and oxygen atoms in total.